The predicted molar refractivity (Wildman–Crippen MR) is 95.8 cm³/mol. The van der Waals surface area contributed by atoms with Gasteiger partial charge in [-0.25, -0.2) is 9.69 Å². The van der Waals surface area contributed by atoms with Crippen molar-refractivity contribution in [3.63, 3.8) is 0 Å². The average molecular weight is 352 g/mol. The minimum Gasteiger partial charge on any atom is -0.350 e. The first kappa shape index (κ1) is 19.7. The van der Waals surface area contributed by atoms with Gasteiger partial charge in [0.15, 0.2) is 0 Å². The summed E-state index contributed by atoms with van der Waals surface area (Å²) in [6.07, 6.45) is 3.70. The largest absolute Gasteiger partial charge is 0.350 e. The minimum absolute atomic E-state index is 0.109. The van der Waals surface area contributed by atoms with Crippen LogP contribution in [0.15, 0.2) is 0 Å². The fourth-order valence-corrected chi connectivity index (χ4v) is 3.75. The van der Waals surface area contributed by atoms with Gasteiger partial charge in [-0.2, -0.15) is 0 Å². The number of hydrogen-bond donors (Lipinski definition) is 2. The van der Waals surface area contributed by atoms with Crippen LogP contribution >= 0.6 is 0 Å². The van der Waals surface area contributed by atoms with E-state index in [1.165, 1.54) is 4.90 Å². The second-order valence-corrected chi connectivity index (χ2v) is 8.37. The van der Waals surface area contributed by atoms with E-state index in [9.17, 15) is 14.4 Å². The van der Waals surface area contributed by atoms with Gasteiger partial charge in [-0.05, 0) is 46.1 Å². The van der Waals surface area contributed by atoms with Gasteiger partial charge in [0.05, 0.1) is 13.2 Å². The maximum absolute atomic E-state index is 13.0. The fourth-order valence-electron chi connectivity index (χ4n) is 3.75. The molecular formula is C18H32N4O3. The maximum Gasteiger partial charge on any atom is 0.326 e. The smallest absolute Gasteiger partial charge is 0.326 e. The lowest BCUT2D eigenvalue weighted by Crippen LogP contribution is -2.54. The van der Waals surface area contributed by atoms with Crippen LogP contribution in [0.2, 0.25) is 0 Å². The molecule has 0 bridgehead atoms. The van der Waals surface area contributed by atoms with Gasteiger partial charge in [0.2, 0.25) is 5.91 Å². The minimum atomic E-state index is -0.748. The third-order valence-corrected chi connectivity index (χ3v) is 5.17. The highest BCUT2D eigenvalue weighted by Crippen LogP contribution is 2.38. The Bertz CT molecular complexity index is 543. The first-order valence-electron chi connectivity index (χ1n) is 9.26. The van der Waals surface area contributed by atoms with Crippen LogP contribution in [-0.4, -0.2) is 58.5 Å². The summed E-state index contributed by atoms with van der Waals surface area (Å²) >= 11 is 0. The highest BCUT2D eigenvalue weighted by Gasteiger charge is 2.55. The number of hydrogen-bond acceptors (Lipinski definition) is 4. The molecule has 1 saturated carbocycles. The lowest BCUT2D eigenvalue weighted by molar-refractivity contribution is -0.136. The van der Waals surface area contributed by atoms with Gasteiger partial charge in [-0.15, -0.1) is 0 Å². The van der Waals surface area contributed by atoms with Crippen molar-refractivity contribution in [2.24, 2.45) is 5.92 Å². The van der Waals surface area contributed by atoms with Crippen LogP contribution in [0.5, 0.6) is 0 Å². The van der Waals surface area contributed by atoms with E-state index in [-0.39, 0.29) is 42.5 Å². The zero-order chi connectivity index (χ0) is 18.8. The van der Waals surface area contributed by atoms with Crippen molar-refractivity contribution in [3.8, 4) is 0 Å². The average Bonchev–Trinajstić information content (AvgIpc) is 2.72. The van der Waals surface area contributed by atoms with Crippen LogP contribution in [0, 0.1) is 5.92 Å². The Hall–Kier alpha value is -1.63. The molecule has 7 nitrogen and oxygen atoms in total. The van der Waals surface area contributed by atoms with E-state index in [0.717, 1.165) is 19.3 Å². The van der Waals surface area contributed by atoms with Gasteiger partial charge in [0.1, 0.15) is 5.54 Å². The summed E-state index contributed by atoms with van der Waals surface area (Å²) in [7, 11) is 0. The van der Waals surface area contributed by atoms with Crippen molar-refractivity contribution in [2.45, 2.75) is 71.4 Å². The van der Waals surface area contributed by atoms with E-state index in [4.69, 9.17) is 0 Å². The number of rotatable bonds is 5. The van der Waals surface area contributed by atoms with Crippen LogP contribution in [-0.2, 0) is 9.59 Å². The number of imide groups is 1. The third-order valence-electron chi connectivity index (χ3n) is 5.17. The molecule has 0 unspecified atom stereocenters. The lowest BCUT2D eigenvalue weighted by atomic mass is 9.73. The predicted octanol–water partition coefficient (Wildman–Crippen LogP) is 1.68. The maximum atomic E-state index is 13.0. The van der Waals surface area contributed by atoms with E-state index in [0.29, 0.717) is 13.0 Å². The molecule has 142 valence electrons. The zero-order valence-corrected chi connectivity index (χ0v) is 16.1. The molecule has 25 heavy (non-hydrogen) atoms. The Morgan fingerprint density at radius 2 is 2.04 bits per heavy atom. The zero-order valence-electron chi connectivity index (χ0n) is 16.1. The monoisotopic (exact) mass is 352 g/mol. The molecular weight excluding hydrogens is 320 g/mol. The number of amides is 4. The van der Waals surface area contributed by atoms with Gasteiger partial charge in [-0.1, -0.05) is 26.7 Å². The summed E-state index contributed by atoms with van der Waals surface area (Å²) in [6, 6.07) is -0.339. The fraction of sp³-hybridized carbons (Fsp3) is 0.833. The molecule has 1 aliphatic heterocycles. The van der Waals surface area contributed by atoms with Crippen LogP contribution in [0.1, 0.15) is 60.3 Å². The molecule has 2 atom stereocenters. The third kappa shape index (κ3) is 4.32. The molecule has 0 aromatic heterocycles. The highest BCUT2D eigenvalue weighted by molar-refractivity contribution is 6.07. The van der Waals surface area contributed by atoms with Crippen LogP contribution in [0.25, 0.3) is 0 Å². The van der Waals surface area contributed by atoms with Gasteiger partial charge in [0.25, 0.3) is 5.91 Å². The van der Waals surface area contributed by atoms with Crippen molar-refractivity contribution in [2.75, 3.05) is 19.8 Å². The molecule has 1 saturated heterocycles. The Morgan fingerprint density at radius 1 is 1.36 bits per heavy atom. The number of carbonyl (C=O) groups is 3. The van der Waals surface area contributed by atoms with Crippen molar-refractivity contribution in [1.82, 2.24) is 20.4 Å². The summed E-state index contributed by atoms with van der Waals surface area (Å²) < 4.78 is 0. The highest BCUT2D eigenvalue weighted by atomic mass is 16.2. The Kier molecular flexibility index (Phi) is 5.76. The number of carbonyl (C=O) groups excluding carboxylic acids is 3. The van der Waals surface area contributed by atoms with Crippen molar-refractivity contribution < 1.29 is 14.4 Å². The molecule has 0 aromatic carbocycles. The van der Waals surface area contributed by atoms with Gasteiger partial charge < -0.3 is 10.6 Å². The Labute approximate surface area is 150 Å². The number of nitrogens with one attached hydrogen (secondary N) is 2. The van der Waals surface area contributed by atoms with E-state index >= 15 is 0 Å². The second-order valence-electron chi connectivity index (χ2n) is 8.37. The van der Waals surface area contributed by atoms with Crippen LogP contribution in [0.4, 0.5) is 4.79 Å². The molecule has 2 N–H and O–H groups in total. The van der Waals surface area contributed by atoms with Crippen LogP contribution in [0.3, 0.4) is 0 Å². The summed E-state index contributed by atoms with van der Waals surface area (Å²) in [6.45, 7) is 10.6. The molecule has 0 aromatic rings. The van der Waals surface area contributed by atoms with Crippen LogP contribution < -0.4 is 10.6 Å². The van der Waals surface area contributed by atoms with E-state index < -0.39 is 5.54 Å². The summed E-state index contributed by atoms with van der Waals surface area (Å²) in [5, 5.41) is 5.86. The van der Waals surface area contributed by atoms with E-state index in [1.807, 2.05) is 39.5 Å². The molecule has 1 heterocycles. The molecule has 2 rings (SSSR count). The summed E-state index contributed by atoms with van der Waals surface area (Å²) in [4.78, 5) is 40.7. The standard InChI is InChI=1S/C18H32N4O3/c1-6-21(11-14(23)19-17(3,4)5)12-22-15(24)18(20-16(22)25)10-8-7-9-13(18)2/h13H,6-12H2,1-5H3,(H,19,23)(H,20,25)/t13-,18-/m1/s1. The van der Waals surface area contributed by atoms with E-state index in [1.54, 1.807) is 0 Å². The summed E-state index contributed by atoms with van der Waals surface area (Å²) in [5.74, 6) is -0.108. The van der Waals surface area contributed by atoms with Gasteiger partial charge in [0, 0.05) is 5.54 Å². The summed E-state index contributed by atoms with van der Waals surface area (Å²) in [5.41, 5.74) is -1.05. The first-order chi connectivity index (χ1) is 11.6. The number of nitrogens with zero attached hydrogens (tertiary/aromatic N) is 2. The molecule has 7 heteroatoms. The van der Waals surface area contributed by atoms with Crippen molar-refractivity contribution >= 4 is 17.8 Å². The SMILES string of the molecule is CCN(CC(=O)NC(C)(C)C)CN1C(=O)N[C@@]2(CCCC[C@H]2C)C1=O. The van der Waals surface area contributed by atoms with Gasteiger partial charge in [-0.3, -0.25) is 14.5 Å². The number of likely N-dealkylation sites (N-methyl/N-ethyl adjacent to an activating group) is 1. The molecule has 2 fully saturated rings. The topological polar surface area (TPSA) is 81.8 Å². The van der Waals surface area contributed by atoms with Crippen molar-refractivity contribution in [1.29, 1.82) is 0 Å². The lowest BCUT2D eigenvalue weighted by Gasteiger charge is -2.37. The van der Waals surface area contributed by atoms with E-state index in [2.05, 4.69) is 10.6 Å². The number of urea groups is 1. The molecule has 2 aliphatic rings. The molecule has 1 spiro atoms. The normalized spacial score (nSPS) is 27.1. The molecule has 4 amide bonds. The van der Waals surface area contributed by atoms with Gasteiger partial charge >= 0.3 is 6.03 Å². The second kappa shape index (κ2) is 7.32. The quantitative estimate of drug-likeness (QED) is 0.738. The van der Waals surface area contributed by atoms with Crippen molar-refractivity contribution in [3.05, 3.63) is 0 Å². The molecule has 0 radical (unpaired) electrons. The Balaban J connectivity index is 2.04. The first-order valence-corrected chi connectivity index (χ1v) is 9.26. The molecule has 1 aliphatic carbocycles. The Morgan fingerprint density at radius 3 is 2.60 bits per heavy atom.